The van der Waals surface area contributed by atoms with E-state index in [0.717, 1.165) is 35.5 Å². The van der Waals surface area contributed by atoms with Crippen LogP contribution in [0.25, 0.3) is 11.1 Å². The lowest BCUT2D eigenvalue weighted by molar-refractivity contribution is -0.191. The first-order valence-corrected chi connectivity index (χ1v) is 20.5. The smallest absolute Gasteiger partial charge is 0.453 e. The lowest BCUT2D eigenvalue weighted by atomic mass is 9.68. The number of aromatic nitrogens is 2. The van der Waals surface area contributed by atoms with E-state index in [9.17, 15) is 28.3 Å². The minimum atomic E-state index is -5.24. The van der Waals surface area contributed by atoms with Gasteiger partial charge in [-0.3, -0.25) is 14.1 Å². The highest BCUT2D eigenvalue weighted by Crippen LogP contribution is 2.58. The molecule has 11 nitrogen and oxygen atoms in total. The number of benzene rings is 4. The zero-order chi connectivity index (χ0) is 43.6. The molecule has 6 rings (SSSR count). The Labute approximate surface area is 350 Å². The molecule has 2 heterocycles. The third kappa shape index (κ3) is 9.31. The van der Waals surface area contributed by atoms with E-state index < -0.39 is 52.9 Å². The predicted molar refractivity (Wildman–Crippen MR) is 228 cm³/mol. The van der Waals surface area contributed by atoms with Gasteiger partial charge in [-0.25, -0.2) is 23.3 Å². The van der Waals surface area contributed by atoms with Crippen LogP contribution in [0.3, 0.4) is 0 Å². The number of hydrogen-bond donors (Lipinski definition) is 3. The SMILES string of the molecule is CC(C)(C)C(OP(=O)(O)O)(n1cc(C(=O)Nc2ccc(Oc3ccnc(N=C(c4ccccc4)c4ccccc4)c3Cl)c(F)c2)c(=O)c(-c2ccc(F)cc2)c1)C(C)(C)C. The Bertz CT molecular complexity index is 2620. The van der Waals surface area contributed by atoms with Gasteiger partial charge in [0.25, 0.3) is 5.91 Å². The molecule has 0 aliphatic heterocycles. The van der Waals surface area contributed by atoms with E-state index in [0.29, 0.717) is 5.71 Å². The summed E-state index contributed by atoms with van der Waals surface area (Å²) in [5.74, 6) is -2.52. The second kappa shape index (κ2) is 17.0. The van der Waals surface area contributed by atoms with Crippen LogP contribution >= 0.6 is 19.4 Å². The first-order chi connectivity index (χ1) is 28.2. The largest absolute Gasteiger partial charge is 0.471 e. The van der Waals surface area contributed by atoms with Gasteiger partial charge < -0.3 is 24.4 Å². The van der Waals surface area contributed by atoms with Gasteiger partial charge >= 0.3 is 7.82 Å². The summed E-state index contributed by atoms with van der Waals surface area (Å²) in [6.45, 7) is 10.1. The molecule has 0 saturated carbocycles. The van der Waals surface area contributed by atoms with Crippen LogP contribution in [0, 0.1) is 22.5 Å². The van der Waals surface area contributed by atoms with E-state index in [1.165, 1.54) is 47.3 Å². The fourth-order valence-electron chi connectivity index (χ4n) is 7.29. The highest BCUT2D eigenvalue weighted by atomic mass is 35.5. The molecule has 4 aromatic carbocycles. The van der Waals surface area contributed by atoms with Gasteiger partial charge in [0.1, 0.15) is 16.4 Å². The Balaban J connectivity index is 1.36. The molecule has 0 fully saturated rings. The van der Waals surface area contributed by atoms with E-state index in [4.69, 9.17) is 25.9 Å². The Morgan fingerprint density at radius 3 is 1.93 bits per heavy atom. The van der Waals surface area contributed by atoms with E-state index >= 15 is 4.39 Å². The molecule has 0 aliphatic carbocycles. The molecular weight excluding hydrogens is 813 g/mol. The molecule has 0 spiro atoms. The number of anilines is 1. The third-order valence-corrected chi connectivity index (χ3v) is 10.5. The number of aliphatic imine (C=N–C) groups is 1. The van der Waals surface area contributed by atoms with Gasteiger partial charge in [0.15, 0.2) is 28.9 Å². The Morgan fingerprint density at radius 1 is 0.817 bits per heavy atom. The van der Waals surface area contributed by atoms with Crippen molar-refractivity contribution in [2.75, 3.05) is 5.32 Å². The fraction of sp³-hybridized carbons (Fsp3) is 0.200. The first kappa shape index (κ1) is 43.8. The summed E-state index contributed by atoms with van der Waals surface area (Å²) in [4.78, 5) is 57.6. The highest BCUT2D eigenvalue weighted by molar-refractivity contribution is 7.46. The summed E-state index contributed by atoms with van der Waals surface area (Å²) in [5, 5.41) is 2.55. The maximum Gasteiger partial charge on any atom is 0.471 e. The molecule has 3 N–H and O–H groups in total. The number of phosphoric ester groups is 1. The number of phosphoric acid groups is 1. The standard InChI is InChI=1S/C45H42ClF2N4O7P/c1-43(2,3)45(44(4,5)6,59-60(55,56)57)52-26-33(28-17-19-31(47)20-18-28)40(53)34(27-52)42(54)50-32-21-22-36(35(48)25-32)58-37-23-24-49-41(38(37)46)51-39(29-13-9-7-10-14-29)30-15-11-8-12-16-30/h7-27H,1-6H3,(H,50,54)(H2,55,56,57). The Morgan fingerprint density at radius 2 is 1.40 bits per heavy atom. The molecule has 6 aromatic rings. The molecule has 15 heteroatoms. The molecule has 0 bridgehead atoms. The average Bonchev–Trinajstić information content (AvgIpc) is 3.18. The maximum absolute atomic E-state index is 15.8. The Hall–Kier alpha value is -5.82. The van der Waals surface area contributed by atoms with Crippen LogP contribution in [0.15, 0.2) is 138 Å². The number of rotatable bonds is 11. The van der Waals surface area contributed by atoms with Crippen molar-refractivity contribution in [2.24, 2.45) is 15.8 Å². The number of ether oxygens (including phenoxy) is 1. The number of amides is 1. The zero-order valence-corrected chi connectivity index (χ0v) is 35.1. The quantitative estimate of drug-likeness (QED) is 0.0860. The lowest BCUT2D eigenvalue weighted by Crippen LogP contribution is -2.56. The number of pyridine rings is 2. The van der Waals surface area contributed by atoms with Gasteiger partial charge in [-0.15, -0.1) is 0 Å². The number of carbonyl (C=O) groups is 1. The van der Waals surface area contributed by atoms with Crippen molar-refractivity contribution >= 4 is 42.5 Å². The minimum Gasteiger partial charge on any atom is -0.453 e. The van der Waals surface area contributed by atoms with Crippen LogP contribution < -0.4 is 15.5 Å². The normalized spacial score (nSPS) is 12.2. The monoisotopic (exact) mass is 854 g/mol. The first-order valence-electron chi connectivity index (χ1n) is 18.6. The molecular formula is C45H42ClF2N4O7P. The Kier molecular flexibility index (Phi) is 12.4. The maximum atomic E-state index is 15.8. The van der Waals surface area contributed by atoms with E-state index in [1.807, 2.05) is 60.7 Å². The molecule has 60 heavy (non-hydrogen) atoms. The second-order valence-electron chi connectivity index (χ2n) is 15.9. The van der Waals surface area contributed by atoms with E-state index in [2.05, 4.69) is 10.3 Å². The summed E-state index contributed by atoms with van der Waals surface area (Å²) >= 11 is 6.74. The summed E-state index contributed by atoms with van der Waals surface area (Å²) in [5.41, 5.74) is -3.07. The molecule has 0 saturated heterocycles. The second-order valence-corrected chi connectivity index (χ2v) is 17.4. The molecule has 310 valence electrons. The number of hydrogen-bond acceptors (Lipinski definition) is 7. The number of nitrogens with one attached hydrogen (secondary N) is 1. The topological polar surface area (TPSA) is 152 Å². The van der Waals surface area contributed by atoms with Crippen molar-refractivity contribution in [2.45, 2.75) is 47.3 Å². The zero-order valence-electron chi connectivity index (χ0n) is 33.5. The minimum absolute atomic E-state index is 0.0141. The van der Waals surface area contributed by atoms with Crippen LogP contribution in [0.1, 0.15) is 63.0 Å². The van der Waals surface area contributed by atoms with Gasteiger partial charge in [0, 0.05) is 63.9 Å². The van der Waals surface area contributed by atoms with Gasteiger partial charge in [0.05, 0.1) is 5.71 Å². The van der Waals surface area contributed by atoms with Crippen molar-refractivity contribution < 1.29 is 37.2 Å². The molecule has 1 amide bonds. The van der Waals surface area contributed by atoms with Crippen molar-refractivity contribution in [1.29, 1.82) is 0 Å². The van der Waals surface area contributed by atoms with Crippen LogP contribution in [-0.2, 0) is 14.8 Å². The summed E-state index contributed by atoms with van der Waals surface area (Å²) < 4.78 is 55.2. The van der Waals surface area contributed by atoms with Crippen LogP contribution in [0.4, 0.5) is 20.3 Å². The van der Waals surface area contributed by atoms with Gasteiger partial charge in [0.2, 0.25) is 5.43 Å². The summed E-state index contributed by atoms with van der Waals surface area (Å²) in [7, 11) is -5.24. The number of carbonyl (C=O) groups excluding carboxylic acids is 1. The van der Waals surface area contributed by atoms with Crippen molar-refractivity contribution in [1.82, 2.24) is 9.55 Å². The van der Waals surface area contributed by atoms with Gasteiger partial charge in [-0.1, -0.05) is 126 Å². The fourth-order valence-corrected chi connectivity index (χ4v) is 8.47. The summed E-state index contributed by atoms with van der Waals surface area (Å²) in [6, 6.07) is 28.9. The van der Waals surface area contributed by atoms with Crippen molar-refractivity contribution in [3.05, 3.63) is 171 Å². The van der Waals surface area contributed by atoms with Crippen LogP contribution in [-0.4, -0.2) is 31.0 Å². The molecule has 0 atom stereocenters. The number of nitrogens with zero attached hydrogens (tertiary/aromatic N) is 3. The van der Waals surface area contributed by atoms with Gasteiger partial charge in [-0.2, -0.15) is 0 Å². The van der Waals surface area contributed by atoms with E-state index in [1.54, 1.807) is 41.5 Å². The highest BCUT2D eigenvalue weighted by Gasteiger charge is 2.57. The van der Waals surface area contributed by atoms with Gasteiger partial charge in [-0.05, 0) is 29.8 Å². The molecule has 0 unspecified atom stereocenters. The van der Waals surface area contributed by atoms with E-state index in [-0.39, 0.29) is 39.2 Å². The third-order valence-electron chi connectivity index (χ3n) is 9.63. The number of halogens is 3. The van der Waals surface area contributed by atoms with Crippen LogP contribution in [0.5, 0.6) is 11.5 Å². The molecule has 0 aliphatic rings. The van der Waals surface area contributed by atoms with Crippen LogP contribution in [0.2, 0.25) is 5.02 Å². The van der Waals surface area contributed by atoms with Crippen molar-refractivity contribution in [3.8, 4) is 22.6 Å². The van der Waals surface area contributed by atoms with Crippen molar-refractivity contribution in [3.63, 3.8) is 0 Å². The predicted octanol–water partition coefficient (Wildman–Crippen LogP) is 10.9. The summed E-state index contributed by atoms with van der Waals surface area (Å²) in [6.07, 6.45) is 3.87. The molecule has 0 radical (unpaired) electrons. The lowest BCUT2D eigenvalue weighted by Gasteiger charge is -2.53. The molecule has 2 aromatic heterocycles. The average molecular weight is 855 g/mol.